The second-order valence-electron chi connectivity index (χ2n) is 6.12. The highest BCUT2D eigenvalue weighted by Crippen LogP contribution is 2.28. The Morgan fingerprint density at radius 1 is 1.17 bits per heavy atom. The Morgan fingerprint density at radius 3 is 2.57 bits per heavy atom. The van der Waals surface area contributed by atoms with E-state index in [9.17, 15) is 4.79 Å². The van der Waals surface area contributed by atoms with Crippen molar-refractivity contribution in [3.63, 3.8) is 0 Å². The SMILES string of the molecule is COc1ccccc1N1CCN(C(=O)NC2CCNCC2)CC1. The third-order valence-corrected chi connectivity index (χ3v) is 4.66. The van der Waals surface area contributed by atoms with Crippen molar-refractivity contribution in [2.75, 3.05) is 51.3 Å². The lowest BCUT2D eigenvalue weighted by Crippen LogP contribution is -2.54. The summed E-state index contributed by atoms with van der Waals surface area (Å²) in [7, 11) is 1.70. The Hall–Kier alpha value is -1.95. The predicted octanol–water partition coefficient (Wildman–Crippen LogP) is 1.28. The average molecular weight is 318 g/mol. The molecule has 1 aromatic rings. The Kier molecular flexibility index (Phi) is 5.23. The second-order valence-corrected chi connectivity index (χ2v) is 6.12. The number of piperazine rings is 1. The molecule has 2 N–H and O–H groups in total. The minimum Gasteiger partial charge on any atom is -0.495 e. The molecule has 2 saturated heterocycles. The number of amides is 2. The van der Waals surface area contributed by atoms with Crippen LogP contribution in [-0.2, 0) is 0 Å². The molecule has 2 amide bonds. The molecule has 2 aliphatic heterocycles. The molecular weight excluding hydrogens is 292 g/mol. The number of carbonyl (C=O) groups excluding carboxylic acids is 1. The van der Waals surface area contributed by atoms with Crippen molar-refractivity contribution in [1.82, 2.24) is 15.5 Å². The number of rotatable bonds is 3. The van der Waals surface area contributed by atoms with E-state index in [-0.39, 0.29) is 6.03 Å². The van der Waals surface area contributed by atoms with E-state index in [0.29, 0.717) is 6.04 Å². The molecule has 0 spiro atoms. The molecule has 6 nitrogen and oxygen atoms in total. The molecule has 0 unspecified atom stereocenters. The van der Waals surface area contributed by atoms with Crippen molar-refractivity contribution < 1.29 is 9.53 Å². The molecule has 126 valence electrons. The quantitative estimate of drug-likeness (QED) is 0.881. The van der Waals surface area contributed by atoms with Gasteiger partial charge in [0, 0.05) is 32.2 Å². The third kappa shape index (κ3) is 3.88. The molecule has 2 heterocycles. The maximum absolute atomic E-state index is 12.4. The monoisotopic (exact) mass is 318 g/mol. The number of para-hydroxylation sites is 2. The molecular formula is C17H26N4O2. The van der Waals surface area contributed by atoms with E-state index in [1.165, 1.54) is 0 Å². The van der Waals surface area contributed by atoms with Crippen LogP contribution in [0.2, 0.25) is 0 Å². The van der Waals surface area contributed by atoms with Gasteiger partial charge in [0.15, 0.2) is 0 Å². The summed E-state index contributed by atoms with van der Waals surface area (Å²) in [6.07, 6.45) is 2.04. The van der Waals surface area contributed by atoms with Crippen LogP contribution in [0.1, 0.15) is 12.8 Å². The van der Waals surface area contributed by atoms with Crippen LogP contribution in [0.25, 0.3) is 0 Å². The van der Waals surface area contributed by atoms with Crippen LogP contribution in [0.4, 0.5) is 10.5 Å². The number of piperidine rings is 1. The maximum Gasteiger partial charge on any atom is 0.317 e. The topological polar surface area (TPSA) is 56.8 Å². The van der Waals surface area contributed by atoms with E-state index in [1.54, 1.807) is 7.11 Å². The van der Waals surface area contributed by atoms with Gasteiger partial charge in [0.1, 0.15) is 5.75 Å². The van der Waals surface area contributed by atoms with Crippen LogP contribution >= 0.6 is 0 Å². The number of carbonyl (C=O) groups is 1. The molecule has 3 rings (SSSR count). The van der Waals surface area contributed by atoms with Crippen LogP contribution < -0.4 is 20.3 Å². The summed E-state index contributed by atoms with van der Waals surface area (Å²) in [4.78, 5) is 16.6. The van der Waals surface area contributed by atoms with E-state index < -0.39 is 0 Å². The lowest BCUT2D eigenvalue weighted by Gasteiger charge is -2.37. The van der Waals surface area contributed by atoms with Gasteiger partial charge in [-0.3, -0.25) is 0 Å². The highest BCUT2D eigenvalue weighted by molar-refractivity contribution is 5.75. The number of benzene rings is 1. The largest absolute Gasteiger partial charge is 0.495 e. The first-order chi connectivity index (χ1) is 11.3. The molecule has 6 heteroatoms. The zero-order valence-electron chi connectivity index (χ0n) is 13.8. The number of anilines is 1. The van der Waals surface area contributed by atoms with Gasteiger partial charge in [-0.15, -0.1) is 0 Å². The normalized spacial score (nSPS) is 19.5. The van der Waals surface area contributed by atoms with Crippen molar-refractivity contribution in [3.05, 3.63) is 24.3 Å². The number of hydrogen-bond acceptors (Lipinski definition) is 4. The van der Waals surface area contributed by atoms with Gasteiger partial charge in [-0.1, -0.05) is 12.1 Å². The van der Waals surface area contributed by atoms with Crippen LogP contribution in [0.15, 0.2) is 24.3 Å². The van der Waals surface area contributed by atoms with Gasteiger partial charge in [-0.2, -0.15) is 0 Å². The van der Waals surface area contributed by atoms with Gasteiger partial charge in [0.2, 0.25) is 0 Å². The number of urea groups is 1. The summed E-state index contributed by atoms with van der Waals surface area (Å²) in [5, 5.41) is 6.49. The molecule has 23 heavy (non-hydrogen) atoms. The van der Waals surface area contributed by atoms with E-state index in [1.807, 2.05) is 23.1 Å². The molecule has 2 fully saturated rings. The summed E-state index contributed by atoms with van der Waals surface area (Å²) in [5.74, 6) is 0.889. The van der Waals surface area contributed by atoms with Gasteiger partial charge in [-0.25, -0.2) is 4.79 Å². The van der Waals surface area contributed by atoms with E-state index >= 15 is 0 Å². The zero-order valence-corrected chi connectivity index (χ0v) is 13.8. The Balaban J connectivity index is 1.52. The molecule has 0 saturated carbocycles. The molecule has 1 aromatic carbocycles. The fraction of sp³-hybridized carbons (Fsp3) is 0.588. The predicted molar refractivity (Wildman–Crippen MR) is 91.2 cm³/mol. The first-order valence-electron chi connectivity index (χ1n) is 8.42. The third-order valence-electron chi connectivity index (χ3n) is 4.66. The molecule has 0 atom stereocenters. The van der Waals surface area contributed by atoms with Crippen LogP contribution in [0, 0.1) is 0 Å². The van der Waals surface area contributed by atoms with Crippen LogP contribution in [0.3, 0.4) is 0 Å². The van der Waals surface area contributed by atoms with Crippen molar-refractivity contribution >= 4 is 11.7 Å². The fourth-order valence-electron chi connectivity index (χ4n) is 3.27. The maximum atomic E-state index is 12.4. The standard InChI is InChI=1S/C17H26N4O2/c1-23-16-5-3-2-4-15(16)20-10-12-21(13-11-20)17(22)19-14-6-8-18-9-7-14/h2-5,14,18H,6-13H2,1H3,(H,19,22). The Bertz CT molecular complexity index is 523. The number of hydrogen-bond donors (Lipinski definition) is 2. The highest BCUT2D eigenvalue weighted by Gasteiger charge is 2.24. The van der Waals surface area contributed by atoms with Crippen molar-refractivity contribution in [3.8, 4) is 5.75 Å². The molecule has 0 radical (unpaired) electrons. The van der Waals surface area contributed by atoms with Crippen molar-refractivity contribution in [2.24, 2.45) is 0 Å². The lowest BCUT2D eigenvalue weighted by atomic mass is 10.1. The zero-order chi connectivity index (χ0) is 16.1. The second kappa shape index (κ2) is 7.55. The fourth-order valence-corrected chi connectivity index (χ4v) is 3.27. The van der Waals surface area contributed by atoms with Crippen LogP contribution in [-0.4, -0.2) is 63.4 Å². The minimum absolute atomic E-state index is 0.0802. The summed E-state index contributed by atoms with van der Waals surface area (Å²) in [5.41, 5.74) is 1.11. The van der Waals surface area contributed by atoms with Crippen molar-refractivity contribution in [2.45, 2.75) is 18.9 Å². The lowest BCUT2D eigenvalue weighted by molar-refractivity contribution is 0.187. The molecule has 2 aliphatic rings. The number of nitrogens with zero attached hydrogens (tertiary/aromatic N) is 2. The van der Waals surface area contributed by atoms with Crippen LogP contribution in [0.5, 0.6) is 5.75 Å². The van der Waals surface area contributed by atoms with Gasteiger partial charge in [0.25, 0.3) is 0 Å². The molecule has 0 bridgehead atoms. The van der Waals surface area contributed by atoms with Gasteiger partial charge >= 0.3 is 6.03 Å². The first-order valence-corrected chi connectivity index (χ1v) is 8.42. The van der Waals surface area contributed by atoms with E-state index in [2.05, 4.69) is 21.6 Å². The first kappa shape index (κ1) is 15.9. The highest BCUT2D eigenvalue weighted by atomic mass is 16.5. The van der Waals surface area contributed by atoms with Gasteiger partial charge in [0.05, 0.1) is 12.8 Å². The minimum atomic E-state index is 0.0802. The smallest absolute Gasteiger partial charge is 0.317 e. The van der Waals surface area contributed by atoms with Gasteiger partial charge < -0.3 is 25.2 Å². The van der Waals surface area contributed by atoms with E-state index in [0.717, 1.165) is 63.5 Å². The Labute approximate surface area is 137 Å². The van der Waals surface area contributed by atoms with Gasteiger partial charge in [-0.05, 0) is 38.1 Å². The average Bonchev–Trinajstić information content (AvgIpc) is 2.62. The number of methoxy groups -OCH3 is 1. The number of ether oxygens (including phenoxy) is 1. The Morgan fingerprint density at radius 2 is 1.87 bits per heavy atom. The van der Waals surface area contributed by atoms with E-state index in [4.69, 9.17) is 4.74 Å². The molecule has 0 aromatic heterocycles. The molecule has 0 aliphatic carbocycles. The van der Waals surface area contributed by atoms with Crippen molar-refractivity contribution in [1.29, 1.82) is 0 Å². The summed E-state index contributed by atoms with van der Waals surface area (Å²) in [6, 6.07) is 8.45. The summed E-state index contributed by atoms with van der Waals surface area (Å²) >= 11 is 0. The summed E-state index contributed by atoms with van der Waals surface area (Å²) in [6.45, 7) is 5.14. The number of nitrogens with one attached hydrogen (secondary N) is 2. The summed E-state index contributed by atoms with van der Waals surface area (Å²) < 4.78 is 5.43.